The number of pyridine rings is 1. The normalized spacial score (nSPS) is 11.6. The van der Waals surface area contributed by atoms with Crippen LogP contribution in [0.5, 0.6) is 5.75 Å². The summed E-state index contributed by atoms with van der Waals surface area (Å²) in [5.74, 6) is 0.554. The molecule has 2 aromatic carbocycles. The smallest absolute Gasteiger partial charge is 0.389 e. The number of aromatic nitrogens is 5. The van der Waals surface area contributed by atoms with Gasteiger partial charge < -0.3 is 9.72 Å². The van der Waals surface area contributed by atoms with Gasteiger partial charge in [-0.1, -0.05) is 41.4 Å². The van der Waals surface area contributed by atoms with E-state index in [9.17, 15) is 18.0 Å². The van der Waals surface area contributed by atoms with Gasteiger partial charge in [-0.05, 0) is 53.6 Å². The number of hydrogen-bond acceptors (Lipinski definition) is 5. The molecule has 0 bridgehead atoms. The Hall–Kier alpha value is -3.66. The molecule has 0 aliphatic rings. The minimum absolute atomic E-state index is 0.0937. The van der Waals surface area contributed by atoms with Gasteiger partial charge in [-0.25, -0.2) is 5.10 Å². The number of H-pyrrole nitrogens is 2. The van der Waals surface area contributed by atoms with Gasteiger partial charge in [-0.3, -0.25) is 4.79 Å². The van der Waals surface area contributed by atoms with Crippen molar-refractivity contribution in [3.63, 3.8) is 0 Å². The Balaban J connectivity index is 1.68. The highest BCUT2D eigenvalue weighted by molar-refractivity contribution is 6.33. The van der Waals surface area contributed by atoms with E-state index in [1.54, 1.807) is 18.2 Å². The van der Waals surface area contributed by atoms with Gasteiger partial charge >= 0.3 is 6.18 Å². The van der Waals surface area contributed by atoms with E-state index in [-0.39, 0.29) is 29.4 Å². The third kappa shape index (κ3) is 5.45. The summed E-state index contributed by atoms with van der Waals surface area (Å²) in [4.78, 5) is 15.9. The maximum absolute atomic E-state index is 13.1. The zero-order chi connectivity index (χ0) is 24.3. The second kappa shape index (κ2) is 9.68. The largest absolute Gasteiger partial charge is 0.494 e. The first-order valence-corrected chi connectivity index (χ1v) is 10.7. The van der Waals surface area contributed by atoms with Crippen LogP contribution in [-0.2, 0) is 0 Å². The molecule has 34 heavy (non-hydrogen) atoms. The summed E-state index contributed by atoms with van der Waals surface area (Å²) in [6.45, 7) is 1.87. The predicted molar refractivity (Wildman–Crippen MR) is 122 cm³/mol. The van der Waals surface area contributed by atoms with Crippen LogP contribution in [0.25, 0.3) is 33.8 Å². The molecule has 0 spiro atoms. The zero-order valence-corrected chi connectivity index (χ0v) is 18.7. The Labute approximate surface area is 196 Å². The first kappa shape index (κ1) is 23.5. The molecule has 176 valence electrons. The number of hydrogen-bond donors (Lipinski definition) is 2. The Kier molecular flexibility index (Phi) is 6.69. The molecule has 2 heterocycles. The van der Waals surface area contributed by atoms with Crippen LogP contribution in [0.3, 0.4) is 0 Å². The molecule has 0 aliphatic carbocycles. The summed E-state index contributed by atoms with van der Waals surface area (Å²) in [5, 5.41) is 13.9. The maximum atomic E-state index is 13.1. The predicted octanol–water partition coefficient (Wildman–Crippen LogP) is 5.57. The van der Waals surface area contributed by atoms with Crippen molar-refractivity contribution in [3.05, 3.63) is 69.5 Å². The van der Waals surface area contributed by atoms with E-state index in [2.05, 4.69) is 25.6 Å². The van der Waals surface area contributed by atoms with Crippen LogP contribution in [0.15, 0.2) is 53.3 Å². The minimum Gasteiger partial charge on any atom is -0.494 e. The van der Waals surface area contributed by atoms with Crippen LogP contribution in [-0.4, -0.2) is 38.4 Å². The Morgan fingerprint density at radius 2 is 1.82 bits per heavy atom. The van der Waals surface area contributed by atoms with Gasteiger partial charge in [0.25, 0.3) is 5.56 Å². The van der Waals surface area contributed by atoms with Crippen LogP contribution >= 0.6 is 11.6 Å². The molecule has 2 aromatic heterocycles. The van der Waals surface area contributed by atoms with Gasteiger partial charge in [-0.15, -0.1) is 5.10 Å². The van der Waals surface area contributed by atoms with Gasteiger partial charge in [0.15, 0.2) is 5.82 Å². The van der Waals surface area contributed by atoms with E-state index in [4.69, 9.17) is 16.3 Å². The number of aromatic amines is 2. The molecule has 4 rings (SSSR count). The van der Waals surface area contributed by atoms with Gasteiger partial charge in [0.1, 0.15) is 5.75 Å². The number of tetrazole rings is 1. The average molecular weight is 490 g/mol. The van der Waals surface area contributed by atoms with E-state index >= 15 is 0 Å². The van der Waals surface area contributed by atoms with Crippen molar-refractivity contribution in [1.82, 2.24) is 25.6 Å². The quantitative estimate of drug-likeness (QED) is 0.331. The van der Waals surface area contributed by atoms with Crippen molar-refractivity contribution in [1.29, 1.82) is 0 Å². The molecule has 7 nitrogen and oxygen atoms in total. The third-order valence-corrected chi connectivity index (χ3v) is 5.39. The number of halogens is 4. The maximum Gasteiger partial charge on any atom is 0.389 e. The minimum atomic E-state index is -4.22. The van der Waals surface area contributed by atoms with Crippen molar-refractivity contribution in [2.45, 2.75) is 25.9 Å². The number of rotatable bonds is 7. The molecule has 0 amide bonds. The lowest BCUT2D eigenvalue weighted by Gasteiger charge is -2.13. The number of ether oxygens (including phenoxy) is 1. The molecule has 0 radical (unpaired) electrons. The topological polar surface area (TPSA) is 96.6 Å². The van der Waals surface area contributed by atoms with Gasteiger partial charge in [0.2, 0.25) is 0 Å². The van der Waals surface area contributed by atoms with E-state index in [1.807, 2.05) is 31.2 Å². The Morgan fingerprint density at radius 1 is 1.06 bits per heavy atom. The summed E-state index contributed by atoms with van der Waals surface area (Å²) in [6.07, 6.45) is -5.30. The van der Waals surface area contributed by atoms with Crippen molar-refractivity contribution in [2.75, 3.05) is 6.61 Å². The highest BCUT2D eigenvalue weighted by atomic mass is 35.5. The Bertz CT molecular complexity index is 1340. The lowest BCUT2D eigenvalue weighted by atomic mass is 9.97. The summed E-state index contributed by atoms with van der Waals surface area (Å²) in [7, 11) is 0. The SMILES string of the molecule is Cc1ccc(-c2cc(-c3ccc(OCCCC(F)(F)F)cc3Cl)[nH]c(=O)c2-c2nnn[nH]2)cc1. The standard InChI is InChI=1S/C23H19ClF3N5O2/c1-13-3-5-14(6-4-13)17-12-19(28-22(33)20(17)21-29-31-32-30-21)16-8-7-15(11-18(16)24)34-10-2-9-23(25,26)27/h3-8,11-12H,2,9-10H2,1H3,(H,28,33)(H,29,30,31,32). The van der Waals surface area contributed by atoms with Crippen LogP contribution in [0.1, 0.15) is 18.4 Å². The molecule has 2 N–H and O–H groups in total. The summed E-state index contributed by atoms with van der Waals surface area (Å²) in [6, 6.07) is 14.1. The van der Waals surface area contributed by atoms with E-state index in [1.165, 1.54) is 6.07 Å². The van der Waals surface area contributed by atoms with Gasteiger partial charge in [0, 0.05) is 17.5 Å². The molecule has 0 fully saturated rings. The fourth-order valence-electron chi connectivity index (χ4n) is 3.43. The molecule has 0 atom stereocenters. The van der Waals surface area contributed by atoms with Crippen LogP contribution in [0.4, 0.5) is 13.2 Å². The third-order valence-electron chi connectivity index (χ3n) is 5.08. The van der Waals surface area contributed by atoms with Crippen LogP contribution in [0, 0.1) is 6.92 Å². The van der Waals surface area contributed by atoms with Crippen LogP contribution < -0.4 is 10.3 Å². The highest BCUT2D eigenvalue weighted by Gasteiger charge is 2.26. The second-order valence-corrected chi connectivity index (χ2v) is 8.03. The summed E-state index contributed by atoms with van der Waals surface area (Å²) in [5.41, 5.74) is 3.27. The molecule has 11 heteroatoms. The first-order chi connectivity index (χ1) is 16.2. The van der Waals surface area contributed by atoms with Gasteiger partial charge in [-0.2, -0.15) is 13.2 Å². The zero-order valence-electron chi connectivity index (χ0n) is 17.9. The average Bonchev–Trinajstić information content (AvgIpc) is 3.30. The number of nitrogens with zero attached hydrogens (tertiary/aromatic N) is 3. The van der Waals surface area contributed by atoms with E-state index < -0.39 is 18.2 Å². The van der Waals surface area contributed by atoms with Crippen molar-refractivity contribution >= 4 is 11.6 Å². The van der Waals surface area contributed by atoms with Crippen LogP contribution in [0.2, 0.25) is 5.02 Å². The summed E-state index contributed by atoms with van der Waals surface area (Å²) < 4.78 is 42.3. The molecule has 4 aromatic rings. The van der Waals surface area contributed by atoms with E-state index in [0.717, 1.165) is 11.1 Å². The van der Waals surface area contributed by atoms with Crippen molar-refractivity contribution < 1.29 is 17.9 Å². The van der Waals surface area contributed by atoms with Crippen molar-refractivity contribution in [2.24, 2.45) is 0 Å². The summed E-state index contributed by atoms with van der Waals surface area (Å²) >= 11 is 6.44. The molecular weight excluding hydrogens is 471 g/mol. The first-order valence-electron chi connectivity index (χ1n) is 10.3. The second-order valence-electron chi connectivity index (χ2n) is 7.63. The number of aryl methyl sites for hydroxylation is 1. The number of benzene rings is 2. The monoisotopic (exact) mass is 489 g/mol. The van der Waals surface area contributed by atoms with Crippen molar-refractivity contribution in [3.8, 4) is 39.5 Å². The Morgan fingerprint density at radius 3 is 2.47 bits per heavy atom. The molecule has 0 saturated heterocycles. The fraction of sp³-hybridized carbons (Fsp3) is 0.217. The molecule has 0 aliphatic heterocycles. The fourth-order valence-corrected chi connectivity index (χ4v) is 3.70. The molecular formula is C23H19ClF3N5O2. The van der Waals surface area contributed by atoms with Gasteiger partial charge in [0.05, 0.1) is 22.9 Å². The molecule has 0 unspecified atom stereocenters. The van der Waals surface area contributed by atoms with E-state index in [0.29, 0.717) is 22.6 Å². The highest BCUT2D eigenvalue weighted by Crippen LogP contribution is 2.34. The number of nitrogens with one attached hydrogen (secondary N) is 2. The molecule has 0 saturated carbocycles. The lowest BCUT2D eigenvalue weighted by Crippen LogP contribution is -2.13. The number of alkyl halides is 3. The lowest BCUT2D eigenvalue weighted by molar-refractivity contribution is -0.136.